The van der Waals surface area contributed by atoms with Crippen molar-refractivity contribution in [1.82, 2.24) is 15.3 Å². The molecule has 0 aliphatic heterocycles. The summed E-state index contributed by atoms with van der Waals surface area (Å²) in [6.07, 6.45) is -4.32. The zero-order chi connectivity index (χ0) is 26.1. The largest absolute Gasteiger partial charge is 0.423 e. The van der Waals surface area contributed by atoms with Crippen molar-refractivity contribution >= 4 is 11.7 Å². The van der Waals surface area contributed by atoms with Crippen LogP contribution in [0.25, 0.3) is 11.3 Å². The minimum Gasteiger partial charge on any atom is -0.393 e. The molecular weight excluding hydrogens is 415 g/mol. The lowest BCUT2D eigenvalue weighted by atomic mass is 9.90. The number of nitriles is 1. The Hall–Kier alpha value is -3.23. The fourth-order valence-corrected chi connectivity index (χ4v) is 2.48. The number of carbonyl (C=O) groups excluding carboxylic acids is 1. The van der Waals surface area contributed by atoms with Gasteiger partial charge in [0.15, 0.2) is 11.5 Å². The Morgan fingerprint density at radius 3 is 2.61 bits per heavy atom. The average Bonchev–Trinajstić information content (AvgIpc) is 2.75. The van der Waals surface area contributed by atoms with Crippen LogP contribution < -0.4 is 11.1 Å². The molecule has 1 atom stereocenters. The van der Waals surface area contributed by atoms with Crippen LogP contribution in [0.4, 0.5) is 19.0 Å². The van der Waals surface area contributed by atoms with Gasteiger partial charge in [0.05, 0.1) is 30.0 Å². The minimum atomic E-state index is -5.29. The Balaban J connectivity index is 2.67. The van der Waals surface area contributed by atoms with E-state index in [0.717, 1.165) is 18.3 Å². The van der Waals surface area contributed by atoms with Gasteiger partial charge in [0, 0.05) is 16.2 Å². The Labute approximate surface area is 180 Å². The summed E-state index contributed by atoms with van der Waals surface area (Å²) in [5.74, 6) is -1.19. The van der Waals surface area contributed by atoms with Gasteiger partial charge in [-0.1, -0.05) is 12.1 Å². The molecule has 2 rings (SSSR count). The molecule has 0 spiro atoms. The molecule has 1 heterocycles. The number of hydrogen-bond acceptors (Lipinski definition) is 7. The van der Waals surface area contributed by atoms with Crippen LogP contribution in [0.1, 0.15) is 39.6 Å². The second-order valence-corrected chi connectivity index (χ2v) is 7.44. The first-order chi connectivity index (χ1) is 15.5. The molecule has 0 aliphatic rings. The SMILES string of the molecule is [2H]C([2H])([2H])c1ccc([C@](O)(CO)C(F)(F)F)cc1-c1cnc(N)c(C(=O)NCC(C)(C)C#N)n1. The number of aromatic nitrogens is 2. The number of nitrogens with one attached hydrogen (secondary N) is 1. The standard InChI is InChI=1S/C20H22F3N5O3/c1-11-4-5-12(19(31,10-29)20(21,22)23)6-13(11)14-7-26-16(25)15(28-14)17(30)27-9-18(2,3)8-24/h4-7,29,31H,9-10H2,1-3H3,(H2,25,26)(H,27,30)/t19-/m1/s1/i1D3. The van der Waals surface area contributed by atoms with Crippen LogP contribution in [0.3, 0.4) is 0 Å². The van der Waals surface area contributed by atoms with Gasteiger partial charge in [-0.3, -0.25) is 4.79 Å². The third-order valence-corrected chi connectivity index (χ3v) is 4.48. The fraction of sp³-hybridized carbons (Fsp3) is 0.400. The first kappa shape index (κ1) is 19.7. The number of nitrogens with zero attached hydrogens (tertiary/aromatic N) is 3. The number of nitrogen functional groups attached to an aromatic ring is 1. The molecule has 166 valence electrons. The monoisotopic (exact) mass is 440 g/mol. The van der Waals surface area contributed by atoms with E-state index >= 15 is 0 Å². The van der Waals surface area contributed by atoms with Crippen molar-refractivity contribution in [3.8, 4) is 17.3 Å². The second kappa shape index (κ2) is 8.49. The van der Waals surface area contributed by atoms with Gasteiger partial charge in [0.25, 0.3) is 5.91 Å². The van der Waals surface area contributed by atoms with Gasteiger partial charge in [-0.2, -0.15) is 18.4 Å². The number of rotatable bonds is 6. The van der Waals surface area contributed by atoms with E-state index in [9.17, 15) is 28.2 Å². The van der Waals surface area contributed by atoms with E-state index in [1.165, 1.54) is 0 Å². The van der Waals surface area contributed by atoms with Crippen molar-refractivity contribution in [3.63, 3.8) is 0 Å². The van der Waals surface area contributed by atoms with Crippen LogP contribution in [-0.4, -0.2) is 45.4 Å². The van der Waals surface area contributed by atoms with Crippen molar-refractivity contribution in [3.05, 3.63) is 41.2 Å². The lowest BCUT2D eigenvalue weighted by Crippen LogP contribution is -2.45. The molecule has 0 fully saturated rings. The fourth-order valence-electron chi connectivity index (χ4n) is 2.48. The predicted octanol–water partition coefficient (Wildman–Crippen LogP) is 2.06. The number of hydrogen-bond donors (Lipinski definition) is 4. The topological polar surface area (TPSA) is 145 Å². The van der Waals surface area contributed by atoms with Crippen LogP contribution >= 0.6 is 0 Å². The lowest BCUT2D eigenvalue weighted by Gasteiger charge is -2.29. The van der Waals surface area contributed by atoms with Crippen molar-refractivity contribution in [2.75, 3.05) is 18.9 Å². The molecule has 31 heavy (non-hydrogen) atoms. The van der Waals surface area contributed by atoms with Gasteiger partial charge >= 0.3 is 6.18 Å². The van der Waals surface area contributed by atoms with Gasteiger partial charge in [0.2, 0.25) is 5.60 Å². The maximum atomic E-state index is 13.5. The van der Waals surface area contributed by atoms with E-state index in [0.29, 0.717) is 6.07 Å². The molecule has 0 saturated heterocycles. The molecule has 0 radical (unpaired) electrons. The Bertz CT molecular complexity index is 1130. The normalized spacial score (nSPS) is 15.7. The highest BCUT2D eigenvalue weighted by Gasteiger charge is 2.54. The first-order valence-corrected chi connectivity index (χ1v) is 8.84. The summed E-state index contributed by atoms with van der Waals surface area (Å²) in [5, 5.41) is 30.9. The van der Waals surface area contributed by atoms with E-state index in [2.05, 4.69) is 15.3 Å². The number of benzene rings is 1. The molecular formula is C20H22F3N5O3. The Kier molecular flexibility index (Phi) is 5.40. The average molecular weight is 440 g/mol. The number of carbonyl (C=O) groups is 1. The summed E-state index contributed by atoms with van der Waals surface area (Å²) >= 11 is 0. The van der Waals surface area contributed by atoms with E-state index in [4.69, 9.17) is 15.1 Å². The molecule has 0 aliphatic carbocycles. The molecule has 0 unspecified atom stereocenters. The molecule has 5 N–H and O–H groups in total. The van der Waals surface area contributed by atoms with E-state index in [1.807, 2.05) is 6.07 Å². The number of nitrogens with two attached hydrogens (primary N) is 1. The van der Waals surface area contributed by atoms with E-state index < -0.39 is 53.4 Å². The van der Waals surface area contributed by atoms with Gasteiger partial charge in [-0.05, 0) is 37.9 Å². The highest BCUT2D eigenvalue weighted by Crippen LogP contribution is 2.40. The number of aliphatic hydroxyl groups is 2. The quantitative estimate of drug-likeness (QED) is 0.538. The molecule has 1 aromatic heterocycles. The highest BCUT2D eigenvalue weighted by atomic mass is 19.4. The second-order valence-electron chi connectivity index (χ2n) is 7.44. The number of anilines is 1. The molecule has 8 nitrogen and oxygen atoms in total. The van der Waals surface area contributed by atoms with Crippen molar-refractivity contribution in [2.24, 2.45) is 5.41 Å². The summed E-state index contributed by atoms with van der Waals surface area (Å²) < 4.78 is 63.5. The van der Waals surface area contributed by atoms with E-state index in [1.54, 1.807) is 13.8 Å². The maximum Gasteiger partial charge on any atom is 0.423 e. The summed E-state index contributed by atoms with van der Waals surface area (Å²) in [6, 6.07) is 4.27. The van der Waals surface area contributed by atoms with Crippen LogP contribution in [0.2, 0.25) is 0 Å². The zero-order valence-corrected chi connectivity index (χ0v) is 16.6. The number of aryl methyl sites for hydroxylation is 1. The molecule has 1 amide bonds. The summed E-state index contributed by atoms with van der Waals surface area (Å²) in [6.45, 7) is -1.49. The molecule has 11 heteroatoms. The van der Waals surface area contributed by atoms with Gasteiger partial charge in [-0.15, -0.1) is 0 Å². The Morgan fingerprint density at radius 1 is 1.39 bits per heavy atom. The predicted molar refractivity (Wildman–Crippen MR) is 105 cm³/mol. The summed E-state index contributed by atoms with van der Waals surface area (Å²) in [4.78, 5) is 20.4. The van der Waals surface area contributed by atoms with Crippen LogP contribution in [0.15, 0.2) is 24.4 Å². The maximum absolute atomic E-state index is 13.5. The number of halogens is 3. The molecule has 1 aromatic carbocycles. The van der Waals surface area contributed by atoms with Crippen molar-refractivity contribution in [2.45, 2.75) is 32.5 Å². The lowest BCUT2D eigenvalue weighted by molar-refractivity contribution is -0.277. The minimum absolute atomic E-state index is 0.0845. The van der Waals surface area contributed by atoms with Gasteiger partial charge < -0.3 is 21.3 Å². The molecule has 0 bridgehead atoms. The highest BCUT2D eigenvalue weighted by molar-refractivity contribution is 5.96. The van der Waals surface area contributed by atoms with Crippen molar-refractivity contribution < 1.29 is 32.3 Å². The van der Waals surface area contributed by atoms with Gasteiger partial charge in [0.1, 0.15) is 0 Å². The number of amides is 1. The molecule has 0 saturated carbocycles. The Morgan fingerprint density at radius 2 is 2.06 bits per heavy atom. The zero-order valence-electron chi connectivity index (χ0n) is 19.6. The summed E-state index contributed by atoms with van der Waals surface area (Å²) in [5.41, 5.74) is -1.31. The smallest absolute Gasteiger partial charge is 0.393 e. The number of alkyl halides is 3. The third kappa shape index (κ3) is 4.92. The molecule has 2 aromatic rings. The third-order valence-electron chi connectivity index (χ3n) is 4.48. The van der Waals surface area contributed by atoms with Crippen molar-refractivity contribution in [1.29, 1.82) is 5.26 Å². The van der Waals surface area contributed by atoms with Crippen LogP contribution in [-0.2, 0) is 5.60 Å². The number of aliphatic hydroxyl groups excluding tert-OH is 1. The van der Waals surface area contributed by atoms with Crippen LogP contribution in [0.5, 0.6) is 0 Å². The van der Waals surface area contributed by atoms with Gasteiger partial charge in [-0.25, -0.2) is 9.97 Å². The summed E-state index contributed by atoms with van der Waals surface area (Å²) in [7, 11) is 0. The van der Waals surface area contributed by atoms with Crippen LogP contribution in [0, 0.1) is 23.6 Å². The first-order valence-electron chi connectivity index (χ1n) is 10.3. The van der Waals surface area contributed by atoms with E-state index in [-0.39, 0.29) is 23.6 Å².